The molecule has 0 aliphatic rings. The van der Waals surface area contributed by atoms with Crippen molar-refractivity contribution in [3.8, 4) is 6.07 Å². The third kappa shape index (κ3) is 4.95. The molecule has 1 aromatic rings. The standard InChI is InChI=1S/C10H12.C3H3N/c1-3-9(2)10-7-5-4-6-8-10;1-2-3-4/h4-8H,2-3H2,1H3;2H,1H2. The molecule has 0 radical (unpaired) electrons. The van der Waals surface area contributed by atoms with Crippen LogP contribution >= 0.6 is 0 Å². The molecule has 0 amide bonds. The van der Waals surface area contributed by atoms with Gasteiger partial charge in [0, 0.05) is 6.08 Å². The van der Waals surface area contributed by atoms with Crippen LogP contribution in [0.15, 0.2) is 49.6 Å². The molecular weight excluding hydrogens is 170 g/mol. The maximum atomic E-state index is 7.51. The zero-order chi connectivity index (χ0) is 10.8. The largest absolute Gasteiger partial charge is 0.193 e. The molecule has 0 bridgehead atoms. The minimum absolute atomic E-state index is 1.03. The molecule has 1 rings (SSSR count). The Bertz CT molecular complexity index is 317. The summed E-state index contributed by atoms with van der Waals surface area (Å²) < 4.78 is 0. The van der Waals surface area contributed by atoms with Crippen LogP contribution in [0.5, 0.6) is 0 Å². The molecule has 0 atom stereocenters. The summed E-state index contributed by atoms with van der Waals surface area (Å²) in [7, 11) is 0. The molecule has 0 aromatic heterocycles. The minimum atomic E-state index is 1.03. The zero-order valence-electron chi connectivity index (χ0n) is 8.53. The predicted octanol–water partition coefficient (Wildman–Crippen LogP) is 3.81. The average Bonchev–Trinajstić information content (AvgIpc) is 2.29. The Kier molecular flexibility index (Phi) is 6.81. The molecule has 0 saturated carbocycles. The van der Waals surface area contributed by atoms with E-state index in [-0.39, 0.29) is 0 Å². The van der Waals surface area contributed by atoms with Crippen LogP contribution < -0.4 is 0 Å². The summed E-state index contributed by atoms with van der Waals surface area (Å²) in [6.07, 6.45) is 2.21. The smallest absolute Gasteiger partial charge is 0.0905 e. The van der Waals surface area contributed by atoms with Gasteiger partial charge in [0.25, 0.3) is 0 Å². The van der Waals surface area contributed by atoms with Gasteiger partial charge in [-0.1, -0.05) is 50.4 Å². The zero-order valence-corrected chi connectivity index (χ0v) is 8.53. The summed E-state index contributed by atoms with van der Waals surface area (Å²) in [5.74, 6) is 0. The maximum absolute atomic E-state index is 7.51. The molecule has 14 heavy (non-hydrogen) atoms. The molecule has 1 aromatic carbocycles. The Morgan fingerprint density at radius 3 is 2.29 bits per heavy atom. The highest BCUT2D eigenvalue weighted by atomic mass is 14.2. The van der Waals surface area contributed by atoms with Crippen LogP contribution in [0, 0.1) is 11.3 Å². The van der Waals surface area contributed by atoms with E-state index in [1.165, 1.54) is 17.2 Å². The van der Waals surface area contributed by atoms with Crippen LogP contribution in [-0.2, 0) is 0 Å². The van der Waals surface area contributed by atoms with Crippen LogP contribution in [0.1, 0.15) is 18.9 Å². The Hall–Kier alpha value is -1.81. The van der Waals surface area contributed by atoms with Crippen molar-refractivity contribution in [2.45, 2.75) is 13.3 Å². The van der Waals surface area contributed by atoms with E-state index in [0.717, 1.165) is 6.42 Å². The minimum Gasteiger partial charge on any atom is -0.193 e. The molecule has 0 heterocycles. The predicted molar refractivity (Wildman–Crippen MR) is 61.6 cm³/mol. The van der Waals surface area contributed by atoms with Crippen LogP contribution in [0.2, 0.25) is 0 Å². The first-order chi connectivity index (χ1) is 6.76. The van der Waals surface area contributed by atoms with Crippen LogP contribution in [0.3, 0.4) is 0 Å². The van der Waals surface area contributed by atoms with E-state index < -0.39 is 0 Å². The second-order valence-electron chi connectivity index (χ2n) is 2.66. The molecule has 0 saturated heterocycles. The molecule has 0 spiro atoms. The van der Waals surface area contributed by atoms with Gasteiger partial charge in [-0.15, -0.1) is 0 Å². The molecule has 0 aliphatic carbocycles. The molecular formula is C13H15N. The third-order valence-corrected chi connectivity index (χ3v) is 1.70. The lowest BCUT2D eigenvalue weighted by Gasteiger charge is -1.99. The number of nitrogens with zero attached hydrogens (tertiary/aromatic N) is 1. The SMILES string of the molecule is C=C(CC)c1ccccc1.C=CC#N. The quantitative estimate of drug-likeness (QED) is 0.643. The van der Waals surface area contributed by atoms with E-state index in [1.54, 1.807) is 6.07 Å². The normalized spacial score (nSPS) is 7.71. The van der Waals surface area contributed by atoms with Crippen molar-refractivity contribution < 1.29 is 0 Å². The average molecular weight is 185 g/mol. The van der Waals surface area contributed by atoms with Crippen molar-refractivity contribution in [1.82, 2.24) is 0 Å². The van der Waals surface area contributed by atoms with Gasteiger partial charge >= 0.3 is 0 Å². The lowest BCUT2D eigenvalue weighted by molar-refractivity contribution is 1.24. The molecule has 0 fully saturated rings. The van der Waals surface area contributed by atoms with Crippen LogP contribution in [0.4, 0.5) is 0 Å². The van der Waals surface area contributed by atoms with Crippen molar-refractivity contribution in [2.75, 3.05) is 0 Å². The summed E-state index contributed by atoms with van der Waals surface area (Å²) in [5.41, 5.74) is 2.46. The first-order valence-corrected chi connectivity index (χ1v) is 4.50. The second kappa shape index (κ2) is 7.82. The number of benzene rings is 1. The van der Waals surface area contributed by atoms with Crippen LogP contribution in [-0.4, -0.2) is 0 Å². The highest BCUT2D eigenvalue weighted by Gasteiger charge is 1.91. The van der Waals surface area contributed by atoms with Crippen LogP contribution in [0.25, 0.3) is 5.57 Å². The topological polar surface area (TPSA) is 23.8 Å². The summed E-state index contributed by atoms with van der Waals surface area (Å²) in [6, 6.07) is 12.0. The third-order valence-electron chi connectivity index (χ3n) is 1.70. The van der Waals surface area contributed by atoms with Crippen molar-refractivity contribution >= 4 is 5.57 Å². The number of hydrogen-bond donors (Lipinski definition) is 0. The highest BCUT2D eigenvalue weighted by Crippen LogP contribution is 2.13. The Balaban J connectivity index is 0.000000364. The maximum Gasteiger partial charge on any atom is 0.0905 e. The van der Waals surface area contributed by atoms with Gasteiger partial charge in [0.2, 0.25) is 0 Å². The van der Waals surface area contributed by atoms with Crippen molar-refractivity contribution in [3.63, 3.8) is 0 Å². The van der Waals surface area contributed by atoms with E-state index in [4.69, 9.17) is 5.26 Å². The molecule has 1 nitrogen and oxygen atoms in total. The molecule has 72 valence electrons. The van der Waals surface area contributed by atoms with Gasteiger partial charge in [-0.05, 0) is 17.6 Å². The van der Waals surface area contributed by atoms with Crippen molar-refractivity contribution in [3.05, 3.63) is 55.1 Å². The molecule has 0 unspecified atom stereocenters. The van der Waals surface area contributed by atoms with Crippen molar-refractivity contribution in [1.29, 1.82) is 5.26 Å². The fourth-order valence-electron chi connectivity index (χ4n) is 0.878. The summed E-state index contributed by atoms with van der Waals surface area (Å²) in [6.45, 7) is 9.18. The van der Waals surface area contributed by atoms with E-state index in [2.05, 4.69) is 32.2 Å². The van der Waals surface area contributed by atoms with Gasteiger partial charge in [0.05, 0.1) is 6.07 Å². The Labute approximate surface area is 86.0 Å². The molecule has 0 N–H and O–H groups in total. The van der Waals surface area contributed by atoms with Gasteiger partial charge in [0.1, 0.15) is 0 Å². The Morgan fingerprint density at radius 2 is 1.93 bits per heavy atom. The van der Waals surface area contributed by atoms with E-state index >= 15 is 0 Å². The van der Waals surface area contributed by atoms with Gasteiger partial charge in [-0.2, -0.15) is 5.26 Å². The van der Waals surface area contributed by atoms with Gasteiger partial charge < -0.3 is 0 Å². The summed E-state index contributed by atoms with van der Waals surface area (Å²) in [4.78, 5) is 0. The van der Waals surface area contributed by atoms with E-state index in [1.807, 2.05) is 18.2 Å². The summed E-state index contributed by atoms with van der Waals surface area (Å²) >= 11 is 0. The van der Waals surface area contributed by atoms with Gasteiger partial charge in [0.15, 0.2) is 0 Å². The number of rotatable bonds is 2. The van der Waals surface area contributed by atoms with Crippen molar-refractivity contribution in [2.24, 2.45) is 0 Å². The molecule has 0 aliphatic heterocycles. The summed E-state index contributed by atoms with van der Waals surface area (Å²) in [5, 5.41) is 7.51. The first kappa shape index (κ1) is 12.2. The fraction of sp³-hybridized carbons (Fsp3) is 0.154. The van der Waals surface area contributed by atoms with Gasteiger partial charge in [-0.25, -0.2) is 0 Å². The highest BCUT2D eigenvalue weighted by molar-refractivity contribution is 5.62. The second-order valence-corrected chi connectivity index (χ2v) is 2.66. The van der Waals surface area contributed by atoms with E-state index in [0.29, 0.717) is 0 Å². The monoisotopic (exact) mass is 185 g/mol. The lowest BCUT2D eigenvalue weighted by Crippen LogP contribution is -1.77. The first-order valence-electron chi connectivity index (χ1n) is 4.50. The van der Waals surface area contributed by atoms with Gasteiger partial charge in [-0.3, -0.25) is 0 Å². The lowest BCUT2D eigenvalue weighted by atomic mass is 10.1. The Morgan fingerprint density at radius 1 is 1.43 bits per heavy atom. The van der Waals surface area contributed by atoms with E-state index in [9.17, 15) is 0 Å². The number of allylic oxidation sites excluding steroid dienone is 2. The number of hydrogen-bond acceptors (Lipinski definition) is 1. The number of nitriles is 1. The fourth-order valence-corrected chi connectivity index (χ4v) is 0.878. The molecule has 1 heteroatoms.